The number of benzene rings is 1. The van der Waals surface area contributed by atoms with Gasteiger partial charge in [0.1, 0.15) is 0 Å². The molecule has 0 aliphatic rings. The molecule has 0 amide bonds. The molecule has 0 fully saturated rings. The van der Waals surface area contributed by atoms with E-state index in [1.807, 2.05) is 43.3 Å². The fourth-order valence-corrected chi connectivity index (χ4v) is 3.23. The van der Waals surface area contributed by atoms with E-state index in [2.05, 4.69) is 0 Å². The van der Waals surface area contributed by atoms with Crippen LogP contribution in [0.5, 0.6) is 0 Å². The summed E-state index contributed by atoms with van der Waals surface area (Å²) < 4.78 is 25.6. The van der Waals surface area contributed by atoms with E-state index in [0.717, 1.165) is 11.3 Å². The second kappa shape index (κ2) is 6.91. The van der Waals surface area contributed by atoms with E-state index in [-0.39, 0.29) is 13.1 Å². The monoisotopic (exact) mass is 314 g/mol. The van der Waals surface area contributed by atoms with Gasteiger partial charge >= 0.3 is 5.97 Å². The third-order valence-corrected chi connectivity index (χ3v) is 5.52. The lowest BCUT2D eigenvalue weighted by atomic mass is 10.2. The molecular weight excluding hydrogens is 292 g/mol. The van der Waals surface area contributed by atoms with Crippen LogP contribution in [-0.4, -0.2) is 49.7 Å². The second-order valence-corrected chi connectivity index (χ2v) is 7.27. The molecule has 0 bridgehead atoms. The third kappa shape index (κ3) is 4.18. The molecule has 1 rings (SSSR count). The summed E-state index contributed by atoms with van der Waals surface area (Å²) in [5, 5.41) is 7.47. The molecule has 1 aromatic rings. The van der Waals surface area contributed by atoms with E-state index >= 15 is 0 Å². The lowest BCUT2D eigenvalue weighted by Gasteiger charge is -2.23. The summed E-state index contributed by atoms with van der Waals surface area (Å²) in [6.45, 7) is 3.29. The fourth-order valence-electron chi connectivity index (χ4n) is 1.84. The van der Waals surface area contributed by atoms with E-state index in [4.69, 9.17) is 5.11 Å². The Labute approximate surface area is 126 Å². The molecule has 0 saturated heterocycles. The van der Waals surface area contributed by atoms with Gasteiger partial charge in [-0.1, -0.05) is 19.1 Å². The molecule has 0 saturated carbocycles. The molecule has 118 valence electrons. The van der Waals surface area contributed by atoms with Crippen LogP contribution in [0.25, 0.3) is 0 Å². The van der Waals surface area contributed by atoms with Gasteiger partial charge in [0.2, 0.25) is 10.0 Å². The molecule has 21 heavy (non-hydrogen) atoms. The van der Waals surface area contributed by atoms with Crippen LogP contribution < -0.4 is 4.90 Å². The summed E-state index contributed by atoms with van der Waals surface area (Å²) in [5.41, 5.74) is 1.84. The number of sulfonamides is 1. The minimum Gasteiger partial charge on any atom is -0.480 e. The largest absolute Gasteiger partial charge is 0.480 e. The van der Waals surface area contributed by atoms with Crippen molar-refractivity contribution >= 4 is 21.7 Å². The maximum Gasteiger partial charge on any atom is 0.323 e. The molecule has 1 unspecified atom stereocenters. The van der Waals surface area contributed by atoms with Crippen molar-refractivity contribution in [1.82, 2.24) is 4.31 Å². The van der Waals surface area contributed by atoms with Crippen molar-refractivity contribution in [2.45, 2.75) is 25.6 Å². The zero-order valence-corrected chi connectivity index (χ0v) is 13.6. The van der Waals surface area contributed by atoms with Gasteiger partial charge in [-0.05, 0) is 24.6 Å². The maximum atomic E-state index is 12.2. The van der Waals surface area contributed by atoms with Crippen molar-refractivity contribution in [1.29, 1.82) is 0 Å². The molecule has 0 aliphatic carbocycles. The summed E-state index contributed by atoms with van der Waals surface area (Å²) in [7, 11) is -0.00573. The van der Waals surface area contributed by atoms with Gasteiger partial charge < -0.3 is 10.0 Å². The Morgan fingerprint density at radius 1 is 1.24 bits per heavy atom. The molecule has 7 heteroatoms. The van der Waals surface area contributed by atoms with Crippen molar-refractivity contribution < 1.29 is 18.3 Å². The van der Waals surface area contributed by atoms with Crippen LogP contribution in [0.3, 0.4) is 0 Å². The molecule has 6 nitrogen and oxygen atoms in total. The van der Waals surface area contributed by atoms with Crippen molar-refractivity contribution in [3.63, 3.8) is 0 Å². The van der Waals surface area contributed by atoms with Gasteiger partial charge in [-0.2, -0.15) is 4.31 Å². The summed E-state index contributed by atoms with van der Waals surface area (Å²) in [5.74, 6) is -1.34. The first-order valence-corrected chi connectivity index (χ1v) is 8.18. The van der Waals surface area contributed by atoms with Crippen molar-refractivity contribution in [3.05, 3.63) is 29.8 Å². The van der Waals surface area contributed by atoms with Crippen LogP contribution >= 0.6 is 0 Å². The zero-order chi connectivity index (χ0) is 16.2. The van der Waals surface area contributed by atoms with E-state index in [1.54, 1.807) is 6.92 Å². The predicted octanol–water partition coefficient (Wildman–Crippen LogP) is 1.38. The van der Waals surface area contributed by atoms with E-state index in [1.165, 1.54) is 11.2 Å². The van der Waals surface area contributed by atoms with Crippen molar-refractivity contribution in [3.8, 4) is 0 Å². The molecule has 1 atom stereocenters. The minimum absolute atomic E-state index is 0.171. The average Bonchev–Trinajstić information content (AvgIpc) is 2.43. The van der Waals surface area contributed by atoms with E-state index in [9.17, 15) is 13.2 Å². The summed E-state index contributed by atoms with van der Waals surface area (Å²) in [4.78, 5) is 12.9. The zero-order valence-electron chi connectivity index (χ0n) is 12.8. The number of carbonyl (C=O) groups is 1. The van der Waals surface area contributed by atoms with Gasteiger partial charge in [0.15, 0.2) is 5.25 Å². The highest BCUT2D eigenvalue weighted by Crippen LogP contribution is 2.17. The number of nitrogens with zero attached hydrogens (tertiary/aromatic N) is 2. The van der Waals surface area contributed by atoms with Crippen LogP contribution in [0.2, 0.25) is 0 Å². The molecule has 1 N–H and O–H groups in total. The predicted molar refractivity (Wildman–Crippen MR) is 82.9 cm³/mol. The number of hydrogen-bond donors (Lipinski definition) is 1. The van der Waals surface area contributed by atoms with Crippen LogP contribution in [0.1, 0.15) is 19.4 Å². The van der Waals surface area contributed by atoms with E-state index in [0.29, 0.717) is 0 Å². The highest BCUT2D eigenvalue weighted by molar-refractivity contribution is 7.90. The van der Waals surface area contributed by atoms with Gasteiger partial charge in [-0.15, -0.1) is 0 Å². The first-order chi connectivity index (χ1) is 9.70. The number of anilines is 1. The quantitative estimate of drug-likeness (QED) is 0.822. The maximum absolute atomic E-state index is 12.2. The van der Waals surface area contributed by atoms with E-state index < -0.39 is 21.2 Å². The Kier molecular flexibility index (Phi) is 5.74. The van der Waals surface area contributed by atoms with Crippen LogP contribution in [-0.2, 0) is 21.4 Å². The Morgan fingerprint density at radius 3 is 2.14 bits per heavy atom. The van der Waals surface area contributed by atoms with Crippen LogP contribution in [0.4, 0.5) is 5.69 Å². The molecule has 0 heterocycles. The van der Waals surface area contributed by atoms with Gasteiger partial charge in [-0.3, -0.25) is 4.79 Å². The Hall–Kier alpha value is -1.60. The number of aliphatic carboxylic acids is 1. The fraction of sp³-hybridized carbons (Fsp3) is 0.500. The lowest BCUT2D eigenvalue weighted by Crippen LogP contribution is -2.40. The molecule has 0 spiro atoms. The Morgan fingerprint density at radius 2 is 1.76 bits per heavy atom. The molecule has 0 aliphatic heterocycles. The normalized spacial score (nSPS) is 13.2. The topological polar surface area (TPSA) is 77.9 Å². The summed E-state index contributed by atoms with van der Waals surface area (Å²) >= 11 is 0. The Balaban J connectivity index is 2.94. The average molecular weight is 314 g/mol. The SMILES string of the molecule is CCN(Cc1ccc(N(C)C)cc1)S(=O)(=O)C(C)C(=O)O. The van der Waals surface area contributed by atoms with Crippen LogP contribution in [0, 0.1) is 0 Å². The van der Waals surface area contributed by atoms with Gasteiger partial charge in [-0.25, -0.2) is 8.42 Å². The first-order valence-electron chi connectivity index (χ1n) is 6.68. The molecule has 1 aromatic carbocycles. The smallest absolute Gasteiger partial charge is 0.323 e. The highest BCUT2D eigenvalue weighted by atomic mass is 32.2. The summed E-state index contributed by atoms with van der Waals surface area (Å²) in [6.07, 6.45) is 0. The Bertz CT molecular complexity index is 581. The van der Waals surface area contributed by atoms with Gasteiger partial charge in [0.05, 0.1) is 0 Å². The lowest BCUT2D eigenvalue weighted by molar-refractivity contribution is -0.136. The second-order valence-electron chi connectivity index (χ2n) is 5.01. The van der Waals surface area contributed by atoms with Gasteiger partial charge in [0, 0.05) is 32.9 Å². The number of carboxylic acid groups (broad SMARTS) is 1. The molecule has 0 aromatic heterocycles. The molecule has 0 radical (unpaired) electrons. The number of hydrogen-bond acceptors (Lipinski definition) is 4. The third-order valence-electron chi connectivity index (χ3n) is 3.32. The first kappa shape index (κ1) is 17.5. The number of rotatable bonds is 7. The summed E-state index contributed by atoms with van der Waals surface area (Å²) in [6, 6.07) is 7.49. The van der Waals surface area contributed by atoms with Gasteiger partial charge in [0.25, 0.3) is 0 Å². The number of carboxylic acids is 1. The van der Waals surface area contributed by atoms with Crippen LogP contribution in [0.15, 0.2) is 24.3 Å². The molecular formula is C14H22N2O4S. The standard InChI is InChI=1S/C14H22N2O4S/c1-5-16(21(19,20)11(2)14(17)18)10-12-6-8-13(9-7-12)15(3)4/h6-9,11H,5,10H2,1-4H3,(H,17,18). The highest BCUT2D eigenvalue weighted by Gasteiger charge is 2.32. The van der Waals surface area contributed by atoms with Crippen molar-refractivity contribution in [2.24, 2.45) is 0 Å². The minimum atomic E-state index is -3.85. The van der Waals surface area contributed by atoms with Crippen molar-refractivity contribution in [2.75, 3.05) is 25.5 Å².